The Labute approximate surface area is 93.7 Å². The fourth-order valence-corrected chi connectivity index (χ4v) is 2.75. The van der Waals surface area contributed by atoms with Gasteiger partial charge in [-0.2, -0.15) is 0 Å². The number of rotatable bonds is 3. The maximum Gasteiger partial charge on any atom is 0.117 e. The fourth-order valence-electron chi connectivity index (χ4n) is 1.55. The Bertz CT molecular complexity index is 464. The molecule has 0 aliphatic carbocycles. The zero-order valence-corrected chi connectivity index (χ0v) is 10.1. The minimum absolute atomic E-state index is 1.00. The third-order valence-corrected chi connectivity index (χ3v) is 3.76. The van der Waals surface area contributed by atoms with Crippen LogP contribution < -0.4 is 10.2 Å². The zero-order chi connectivity index (χ0) is 10.8. The van der Waals surface area contributed by atoms with Gasteiger partial charge in [0.25, 0.3) is 0 Å². The molecule has 0 saturated heterocycles. The van der Waals surface area contributed by atoms with Crippen LogP contribution in [0.4, 0.5) is 10.7 Å². The topological polar surface area (TPSA) is 28.2 Å². The van der Waals surface area contributed by atoms with Crippen molar-refractivity contribution >= 4 is 32.2 Å². The van der Waals surface area contributed by atoms with E-state index in [0.29, 0.717) is 0 Å². The Hall–Kier alpha value is -1.29. The number of hydrogen-bond donors (Lipinski definition) is 1. The molecule has 0 unspecified atom stereocenters. The molecule has 4 heteroatoms. The van der Waals surface area contributed by atoms with Gasteiger partial charge in [-0.05, 0) is 19.1 Å². The van der Waals surface area contributed by atoms with Gasteiger partial charge in [-0.3, -0.25) is 4.98 Å². The predicted octanol–water partition coefficient (Wildman–Crippen LogP) is 2.79. The summed E-state index contributed by atoms with van der Waals surface area (Å²) in [6, 6.07) is 4.09. The highest BCUT2D eigenvalue weighted by Gasteiger charge is 2.13. The van der Waals surface area contributed by atoms with E-state index in [1.54, 1.807) is 11.3 Å². The minimum atomic E-state index is 1.00. The quantitative estimate of drug-likeness (QED) is 0.864. The maximum absolute atomic E-state index is 4.41. The minimum Gasteiger partial charge on any atom is -0.384 e. The summed E-state index contributed by atoms with van der Waals surface area (Å²) in [5, 5.41) is 4.50. The number of fused-ring (bicyclic) bond motifs is 1. The lowest BCUT2D eigenvalue weighted by Crippen LogP contribution is -2.15. The first-order chi connectivity index (χ1) is 7.27. The van der Waals surface area contributed by atoms with Crippen molar-refractivity contribution in [2.24, 2.45) is 0 Å². The molecular formula is C11H15N3S. The molecular weight excluding hydrogens is 206 g/mol. The first-order valence-corrected chi connectivity index (χ1v) is 5.86. The number of nitrogens with zero attached hydrogens (tertiary/aromatic N) is 2. The van der Waals surface area contributed by atoms with Gasteiger partial charge in [0.15, 0.2) is 0 Å². The second kappa shape index (κ2) is 4.06. The Kier molecular flexibility index (Phi) is 2.77. The lowest BCUT2D eigenvalue weighted by Gasteiger charge is -2.16. The van der Waals surface area contributed by atoms with Crippen LogP contribution in [-0.2, 0) is 0 Å². The van der Waals surface area contributed by atoms with E-state index in [4.69, 9.17) is 0 Å². The number of nitrogens with one attached hydrogen (secondary N) is 1. The number of aromatic nitrogens is 1. The third kappa shape index (κ3) is 1.65. The highest BCUT2D eigenvalue weighted by molar-refractivity contribution is 7.23. The number of hydrogen-bond acceptors (Lipinski definition) is 4. The largest absolute Gasteiger partial charge is 0.384 e. The van der Waals surface area contributed by atoms with Crippen molar-refractivity contribution in [1.82, 2.24) is 4.98 Å². The maximum atomic E-state index is 4.41. The Morgan fingerprint density at radius 2 is 2.33 bits per heavy atom. The molecule has 0 radical (unpaired) electrons. The molecule has 2 heterocycles. The summed E-state index contributed by atoms with van der Waals surface area (Å²) in [5.41, 5.74) is 2.21. The summed E-state index contributed by atoms with van der Waals surface area (Å²) in [4.78, 5) is 6.64. The first kappa shape index (κ1) is 10.2. The molecule has 2 rings (SSSR count). The summed E-state index contributed by atoms with van der Waals surface area (Å²) in [6.07, 6.45) is 1.84. The van der Waals surface area contributed by atoms with E-state index in [0.717, 1.165) is 17.7 Å². The predicted molar refractivity (Wildman–Crippen MR) is 68.1 cm³/mol. The van der Waals surface area contributed by atoms with Crippen molar-refractivity contribution in [1.29, 1.82) is 0 Å². The lowest BCUT2D eigenvalue weighted by molar-refractivity contribution is 0.982. The Balaban J connectivity index is 2.63. The van der Waals surface area contributed by atoms with Crippen molar-refractivity contribution in [3.8, 4) is 0 Å². The molecule has 0 spiro atoms. The standard InChI is InChI=1S/C11H15N3S/c1-4-14(3)11-10(12-2)9-8(15-11)6-5-7-13-9/h5-7,12H,4H2,1-3H3. The van der Waals surface area contributed by atoms with Crippen LogP contribution in [0.3, 0.4) is 0 Å². The Morgan fingerprint density at radius 1 is 1.53 bits per heavy atom. The van der Waals surface area contributed by atoms with Gasteiger partial charge < -0.3 is 10.2 Å². The SMILES string of the molecule is CCN(C)c1sc2cccnc2c1NC. The van der Waals surface area contributed by atoms with Gasteiger partial charge >= 0.3 is 0 Å². The summed E-state index contributed by atoms with van der Waals surface area (Å²) < 4.78 is 1.23. The Morgan fingerprint density at radius 3 is 3.00 bits per heavy atom. The van der Waals surface area contributed by atoms with Crippen molar-refractivity contribution in [2.75, 3.05) is 30.9 Å². The smallest absolute Gasteiger partial charge is 0.117 e. The van der Waals surface area contributed by atoms with E-state index >= 15 is 0 Å². The average molecular weight is 221 g/mol. The molecule has 3 nitrogen and oxygen atoms in total. The molecule has 0 aromatic carbocycles. The molecule has 80 valence electrons. The van der Waals surface area contributed by atoms with Gasteiger partial charge in [0.1, 0.15) is 10.5 Å². The highest BCUT2D eigenvalue weighted by atomic mass is 32.1. The van der Waals surface area contributed by atoms with E-state index in [1.807, 2.05) is 19.3 Å². The van der Waals surface area contributed by atoms with Gasteiger partial charge in [0, 0.05) is 26.8 Å². The van der Waals surface area contributed by atoms with Crippen molar-refractivity contribution < 1.29 is 0 Å². The normalized spacial score (nSPS) is 10.6. The molecule has 2 aromatic heterocycles. The van der Waals surface area contributed by atoms with Crippen LogP contribution in [0.5, 0.6) is 0 Å². The number of thiophene rings is 1. The molecule has 0 amide bonds. The summed E-state index contributed by atoms with van der Waals surface area (Å²) in [5.74, 6) is 0. The molecule has 0 fully saturated rings. The molecule has 0 saturated carbocycles. The summed E-state index contributed by atoms with van der Waals surface area (Å²) in [6.45, 7) is 3.15. The van der Waals surface area contributed by atoms with Crippen LogP contribution in [0.1, 0.15) is 6.92 Å². The van der Waals surface area contributed by atoms with Crippen LogP contribution in [0.15, 0.2) is 18.3 Å². The summed E-state index contributed by atoms with van der Waals surface area (Å²) >= 11 is 1.78. The van der Waals surface area contributed by atoms with E-state index in [1.165, 1.54) is 9.70 Å². The number of pyridine rings is 1. The summed E-state index contributed by atoms with van der Waals surface area (Å²) in [7, 11) is 4.05. The molecule has 0 aliphatic rings. The van der Waals surface area contributed by atoms with E-state index in [9.17, 15) is 0 Å². The van der Waals surface area contributed by atoms with Crippen LogP contribution >= 0.6 is 11.3 Å². The second-order valence-corrected chi connectivity index (χ2v) is 4.43. The van der Waals surface area contributed by atoms with E-state index in [-0.39, 0.29) is 0 Å². The second-order valence-electron chi connectivity index (χ2n) is 3.40. The van der Waals surface area contributed by atoms with Crippen LogP contribution in [-0.4, -0.2) is 25.6 Å². The van der Waals surface area contributed by atoms with Gasteiger partial charge in [-0.1, -0.05) is 0 Å². The van der Waals surface area contributed by atoms with Crippen LogP contribution in [0, 0.1) is 0 Å². The van der Waals surface area contributed by atoms with Crippen LogP contribution in [0.2, 0.25) is 0 Å². The molecule has 0 atom stereocenters. The van der Waals surface area contributed by atoms with E-state index in [2.05, 4.69) is 35.2 Å². The average Bonchev–Trinajstić information content (AvgIpc) is 2.66. The van der Waals surface area contributed by atoms with Crippen molar-refractivity contribution in [2.45, 2.75) is 6.92 Å². The molecule has 0 bridgehead atoms. The third-order valence-electron chi connectivity index (χ3n) is 2.50. The monoisotopic (exact) mass is 221 g/mol. The van der Waals surface area contributed by atoms with Crippen molar-refractivity contribution in [3.63, 3.8) is 0 Å². The fraction of sp³-hybridized carbons (Fsp3) is 0.364. The molecule has 2 aromatic rings. The van der Waals surface area contributed by atoms with Crippen molar-refractivity contribution in [3.05, 3.63) is 18.3 Å². The lowest BCUT2D eigenvalue weighted by atomic mass is 10.3. The highest BCUT2D eigenvalue weighted by Crippen LogP contribution is 2.40. The first-order valence-electron chi connectivity index (χ1n) is 5.04. The van der Waals surface area contributed by atoms with Gasteiger partial charge in [0.2, 0.25) is 0 Å². The van der Waals surface area contributed by atoms with Gasteiger partial charge in [-0.25, -0.2) is 0 Å². The number of anilines is 2. The van der Waals surface area contributed by atoms with Crippen LogP contribution in [0.25, 0.3) is 10.2 Å². The molecule has 15 heavy (non-hydrogen) atoms. The van der Waals surface area contributed by atoms with Gasteiger partial charge in [-0.15, -0.1) is 11.3 Å². The zero-order valence-electron chi connectivity index (χ0n) is 9.24. The molecule has 0 aliphatic heterocycles. The molecule has 1 N–H and O–H groups in total. The van der Waals surface area contributed by atoms with Gasteiger partial charge in [0.05, 0.1) is 10.4 Å². The van der Waals surface area contributed by atoms with E-state index < -0.39 is 0 Å².